The van der Waals surface area contributed by atoms with E-state index >= 15 is 0 Å². The maximum Gasteiger partial charge on any atom is 0.164 e. The molecule has 1 saturated heterocycles. The van der Waals surface area contributed by atoms with Gasteiger partial charge in [-0.15, -0.1) is 0 Å². The Labute approximate surface area is 109 Å². The van der Waals surface area contributed by atoms with Gasteiger partial charge in [0.15, 0.2) is 5.82 Å². The van der Waals surface area contributed by atoms with E-state index in [-0.39, 0.29) is 0 Å². The zero-order valence-corrected chi connectivity index (χ0v) is 11.3. The van der Waals surface area contributed by atoms with Crippen LogP contribution in [0.3, 0.4) is 0 Å². The van der Waals surface area contributed by atoms with Crippen molar-refractivity contribution in [1.29, 1.82) is 0 Å². The van der Waals surface area contributed by atoms with Crippen molar-refractivity contribution in [2.45, 2.75) is 58.2 Å². The van der Waals surface area contributed by atoms with Gasteiger partial charge in [-0.2, -0.15) is 5.10 Å². The molecule has 1 unspecified atom stereocenters. The smallest absolute Gasteiger partial charge is 0.164 e. The number of hydrogen-bond acceptors (Lipinski definition) is 4. The van der Waals surface area contributed by atoms with Crippen LogP contribution in [0.5, 0.6) is 0 Å². The van der Waals surface area contributed by atoms with Crippen molar-refractivity contribution in [3.8, 4) is 0 Å². The summed E-state index contributed by atoms with van der Waals surface area (Å²) in [5.74, 6) is 0.889. The third-order valence-electron chi connectivity index (χ3n) is 3.23. The first kappa shape index (κ1) is 13.5. The summed E-state index contributed by atoms with van der Waals surface area (Å²) in [6.45, 7) is 5.84. The molecule has 1 atom stereocenters. The van der Waals surface area contributed by atoms with E-state index in [9.17, 15) is 0 Å². The topological polar surface area (TPSA) is 52.0 Å². The summed E-state index contributed by atoms with van der Waals surface area (Å²) >= 11 is 0. The Morgan fingerprint density at radius 1 is 1.56 bits per heavy atom. The van der Waals surface area contributed by atoms with Gasteiger partial charge in [-0.1, -0.05) is 6.92 Å². The van der Waals surface area contributed by atoms with Crippen molar-refractivity contribution in [3.05, 3.63) is 12.2 Å². The average molecular weight is 252 g/mol. The molecule has 0 aromatic carbocycles. The summed E-state index contributed by atoms with van der Waals surface area (Å²) in [7, 11) is 0. The third kappa shape index (κ3) is 4.38. The number of nitrogens with zero attached hydrogens (tertiary/aromatic N) is 3. The van der Waals surface area contributed by atoms with Gasteiger partial charge in [0.1, 0.15) is 6.33 Å². The molecule has 0 saturated carbocycles. The molecule has 1 aliphatic heterocycles. The normalized spacial score (nSPS) is 19.5. The quantitative estimate of drug-likeness (QED) is 0.716. The lowest BCUT2D eigenvalue weighted by atomic mass is 10.1. The monoisotopic (exact) mass is 252 g/mol. The highest BCUT2D eigenvalue weighted by Crippen LogP contribution is 2.16. The van der Waals surface area contributed by atoms with Crippen LogP contribution in [0.1, 0.15) is 44.9 Å². The van der Waals surface area contributed by atoms with Gasteiger partial charge in [0.2, 0.25) is 0 Å². The molecular formula is C13H24N4O. The molecular weight excluding hydrogens is 228 g/mol. The fraction of sp³-hybridized carbons (Fsp3) is 0.846. The standard InChI is InChI=1S/C13H24N4O/c1-2-7-14-10-13-15-11-17(16-13)8-3-5-12-6-4-9-18-12/h11-12,14H,2-10H2,1H3. The number of rotatable bonds is 8. The van der Waals surface area contributed by atoms with Gasteiger partial charge in [0.05, 0.1) is 12.6 Å². The van der Waals surface area contributed by atoms with Crippen molar-refractivity contribution >= 4 is 0 Å². The Morgan fingerprint density at radius 3 is 3.28 bits per heavy atom. The van der Waals surface area contributed by atoms with Gasteiger partial charge in [-0.3, -0.25) is 4.68 Å². The predicted octanol–water partition coefficient (Wildman–Crippen LogP) is 1.74. The number of nitrogens with one attached hydrogen (secondary N) is 1. The minimum absolute atomic E-state index is 0.485. The zero-order chi connectivity index (χ0) is 12.6. The zero-order valence-electron chi connectivity index (χ0n) is 11.3. The molecule has 0 aliphatic carbocycles. The highest BCUT2D eigenvalue weighted by Gasteiger charge is 2.14. The molecule has 0 amide bonds. The molecule has 0 spiro atoms. The lowest BCUT2D eigenvalue weighted by Gasteiger charge is -2.08. The predicted molar refractivity (Wildman–Crippen MR) is 70.2 cm³/mol. The first-order chi connectivity index (χ1) is 8.88. The van der Waals surface area contributed by atoms with Crippen LogP contribution >= 0.6 is 0 Å². The largest absolute Gasteiger partial charge is 0.378 e. The van der Waals surface area contributed by atoms with Gasteiger partial charge in [0.25, 0.3) is 0 Å². The van der Waals surface area contributed by atoms with Gasteiger partial charge in [-0.25, -0.2) is 4.98 Å². The molecule has 1 aromatic rings. The van der Waals surface area contributed by atoms with Crippen molar-refractivity contribution in [2.24, 2.45) is 0 Å². The Morgan fingerprint density at radius 2 is 2.50 bits per heavy atom. The van der Waals surface area contributed by atoms with Gasteiger partial charge >= 0.3 is 0 Å². The van der Waals surface area contributed by atoms with Crippen LogP contribution in [0.2, 0.25) is 0 Å². The van der Waals surface area contributed by atoms with Gasteiger partial charge in [0, 0.05) is 13.2 Å². The summed E-state index contributed by atoms with van der Waals surface area (Å²) in [5.41, 5.74) is 0. The maximum absolute atomic E-state index is 5.61. The minimum atomic E-state index is 0.485. The first-order valence-electron chi connectivity index (χ1n) is 7.09. The second-order valence-corrected chi connectivity index (χ2v) is 4.88. The van der Waals surface area contributed by atoms with E-state index in [1.54, 1.807) is 0 Å². The van der Waals surface area contributed by atoms with Crippen molar-refractivity contribution in [1.82, 2.24) is 20.1 Å². The van der Waals surface area contributed by atoms with Crippen LogP contribution in [0.4, 0.5) is 0 Å². The molecule has 2 rings (SSSR count). The Bertz CT molecular complexity index is 333. The summed E-state index contributed by atoms with van der Waals surface area (Å²) in [6, 6.07) is 0. The molecule has 0 radical (unpaired) electrons. The second-order valence-electron chi connectivity index (χ2n) is 4.88. The van der Waals surface area contributed by atoms with Crippen LogP contribution in [-0.2, 0) is 17.8 Å². The molecule has 1 aromatic heterocycles. The second kappa shape index (κ2) is 7.48. The van der Waals surface area contributed by atoms with Crippen LogP contribution in [-0.4, -0.2) is 34.0 Å². The third-order valence-corrected chi connectivity index (χ3v) is 3.23. The Hall–Kier alpha value is -0.940. The van der Waals surface area contributed by atoms with Gasteiger partial charge < -0.3 is 10.1 Å². The highest BCUT2D eigenvalue weighted by atomic mass is 16.5. The van der Waals surface area contributed by atoms with Gasteiger partial charge in [-0.05, 0) is 38.6 Å². The van der Waals surface area contributed by atoms with Crippen LogP contribution in [0, 0.1) is 0 Å². The Kier molecular flexibility index (Phi) is 5.61. The molecule has 1 N–H and O–H groups in total. The van der Waals surface area contributed by atoms with Crippen LogP contribution < -0.4 is 5.32 Å². The molecule has 5 nitrogen and oxygen atoms in total. The molecule has 5 heteroatoms. The van der Waals surface area contributed by atoms with E-state index in [1.807, 2.05) is 11.0 Å². The van der Waals surface area contributed by atoms with E-state index < -0.39 is 0 Å². The molecule has 0 bridgehead atoms. The van der Waals surface area contributed by atoms with Crippen LogP contribution in [0.25, 0.3) is 0 Å². The molecule has 1 aliphatic rings. The number of aromatic nitrogens is 3. The van der Waals surface area contributed by atoms with E-state index in [2.05, 4.69) is 22.3 Å². The molecule has 1 fully saturated rings. The summed E-state index contributed by atoms with van der Waals surface area (Å²) in [5, 5.41) is 7.76. The lowest BCUT2D eigenvalue weighted by Crippen LogP contribution is -2.15. The fourth-order valence-corrected chi connectivity index (χ4v) is 2.25. The van der Waals surface area contributed by atoms with Crippen LogP contribution in [0.15, 0.2) is 6.33 Å². The highest BCUT2D eigenvalue weighted by molar-refractivity contribution is 4.80. The first-order valence-corrected chi connectivity index (χ1v) is 7.09. The summed E-state index contributed by atoms with van der Waals surface area (Å²) < 4.78 is 7.55. The number of ether oxygens (including phenoxy) is 1. The van der Waals surface area contributed by atoms with Crippen molar-refractivity contribution in [3.63, 3.8) is 0 Å². The molecule has 2 heterocycles. The van der Waals surface area contributed by atoms with E-state index in [0.29, 0.717) is 6.10 Å². The number of aryl methyl sites for hydroxylation is 1. The summed E-state index contributed by atoms with van der Waals surface area (Å²) in [6.07, 6.45) is 8.17. The molecule has 102 valence electrons. The minimum Gasteiger partial charge on any atom is -0.378 e. The molecule has 18 heavy (non-hydrogen) atoms. The SMILES string of the molecule is CCCNCc1ncn(CCCC2CCCO2)n1. The van der Waals surface area contributed by atoms with E-state index in [0.717, 1.165) is 51.3 Å². The fourth-order valence-electron chi connectivity index (χ4n) is 2.25. The lowest BCUT2D eigenvalue weighted by molar-refractivity contribution is 0.101. The van der Waals surface area contributed by atoms with E-state index in [4.69, 9.17) is 4.74 Å². The van der Waals surface area contributed by atoms with Crippen molar-refractivity contribution < 1.29 is 4.74 Å². The van der Waals surface area contributed by atoms with E-state index in [1.165, 1.54) is 12.8 Å². The Balaban J connectivity index is 1.63. The summed E-state index contributed by atoms with van der Waals surface area (Å²) in [4.78, 5) is 4.30. The maximum atomic E-state index is 5.61. The van der Waals surface area contributed by atoms with Crippen molar-refractivity contribution in [2.75, 3.05) is 13.2 Å². The number of hydrogen-bond donors (Lipinski definition) is 1. The average Bonchev–Trinajstić information content (AvgIpc) is 3.01.